The molecule has 0 unspecified atom stereocenters. The fourth-order valence-electron chi connectivity index (χ4n) is 1.73. The minimum absolute atomic E-state index is 0.251. The van der Waals surface area contributed by atoms with Gasteiger partial charge in [0.2, 0.25) is 0 Å². The molecule has 1 aliphatic rings. The number of thiophene rings is 1. The second-order valence-electron chi connectivity index (χ2n) is 4.46. The van der Waals surface area contributed by atoms with Crippen LogP contribution in [-0.4, -0.2) is 11.0 Å². The van der Waals surface area contributed by atoms with Gasteiger partial charge in [0.05, 0.1) is 4.88 Å². The molecule has 0 aliphatic heterocycles. The minimum Gasteiger partial charge on any atom is -0.309 e. The number of aromatic nitrogens is 1. The molecule has 0 aromatic carbocycles. The maximum atomic E-state index is 13.0. The second kappa shape index (κ2) is 4.88. The summed E-state index contributed by atoms with van der Waals surface area (Å²) in [5.74, 6) is 0. The summed E-state index contributed by atoms with van der Waals surface area (Å²) in [7, 11) is 0. The van der Waals surface area contributed by atoms with Crippen LogP contribution in [0.25, 0.3) is 10.6 Å². The molecule has 0 atom stereocenters. The van der Waals surface area contributed by atoms with Crippen molar-refractivity contribution in [2.24, 2.45) is 0 Å². The van der Waals surface area contributed by atoms with E-state index in [1.54, 1.807) is 6.07 Å². The van der Waals surface area contributed by atoms with Crippen molar-refractivity contribution in [3.63, 3.8) is 0 Å². The molecule has 2 nitrogen and oxygen atoms in total. The summed E-state index contributed by atoms with van der Waals surface area (Å²) in [5.41, 5.74) is 0.0185. The van der Waals surface area contributed by atoms with Gasteiger partial charge in [-0.2, -0.15) is 24.5 Å². The van der Waals surface area contributed by atoms with Crippen molar-refractivity contribution >= 4 is 22.7 Å². The van der Waals surface area contributed by atoms with E-state index >= 15 is 0 Å². The van der Waals surface area contributed by atoms with Crippen LogP contribution in [0.4, 0.5) is 13.2 Å². The number of alkyl halides is 3. The molecule has 1 saturated carbocycles. The molecule has 2 aromatic rings. The van der Waals surface area contributed by atoms with Crippen molar-refractivity contribution in [2.45, 2.75) is 31.6 Å². The van der Waals surface area contributed by atoms with Crippen molar-refractivity contribution < 1.29 is 13.2 Å². The van der Waals surface area contributed by atoms with Gasteiger partial charge in [-0.15, -0.1) is 11.3 Å². The second-order valence-corrected chi connectivity index (χ2v) is 6.32. The van der Waals surface area contributed by atoms with Gasteiger partial charge in [-0.05, 0) is 24.3 Å². The molecule has 7 heteroatoms. The molecule has 1 fully saturated rings. The molecule has 102 valence electrons. The van der Waals surface area contributed by atoms with Gasteiger partial charge in [0.15, 0.2) is 5.69 Å². The molecular weight excluding hydrogens is 293 g/mol. The van der Waals surface area contributed by atoms with Crippen molar-refractivity contribution in [1.82, 2.24) is 10.3 Å². The predicted octanol–water partition coefficient (Wildman–Crippen LogP) is 4.14. The molecule has 3 rings (SSSR count). The molecule has 0 spiro atoms. The van der Waals surface area contributed by atoms with E-state index < -0.39 is 11.9 Å². The summed E-state index contributed by atoms with van der Waals surface area (Å²) < 4.78 is 38.9. The molecular formula is C12H11F3N2S2. The summed E-state index contributed by atoms with van der Waals surface area (Å²) in [6.45, 7) is 0.251. The SMILES string of the molecule is FC(F)(F)c1nc(-c2ccsc2)sc1CNC1CC1. The fraction of sp³-hybridized carbons (Fsp3) is 0.417. The van der Waals surface area contributed by atoms with Crippen molar-refractivity contribution in [1.29, 1.82) is 0 Å². The van der Waals surface area contributed by atoms with E-state index in [1.807, 2.05) is 10.8 Å². The summed E-state index contributed by atoms with van der Waals surface area (Å²) >= 11 is 2.58. The van der Waals surface area contributed by atoms with Crippen LogP contribution >= 0.6 is 22.7 Å². The number of nitrogens with one attached hydrogen (secondary N) is 1. The van der Waals surface area contributed by atoms with Gasteiger partial charge in [-0.25, -0.2) is 4.98 Å². The Bertz CT molecular complexity index is 556. The Morgan fingerprint density at radius 2 is 2.16 bits per heavy atom. The number of thiazole rings is 1. The van der Waals surface area contributed by atoms with Gasteiger partial charge >= 0.3 is 6.18 Å². The van der Waals surface area contributed by atoms with Crippen LogP contribution < -0.4 is 5.32 Å². The maximum absolute atomic E-state index is 13.0. The lowest BCUT2D eigenvalue weighted by Gasteiger charge is -2.06. The number of halogens is 3. The van der Waals surface area contributed by atoms with Gasteiger partial charge in [-0.3, -0.25) is 0 Å². The third-order valence-electron chi connectivity index (χ3n) is 2.86. The van der Waals surface area contributed by atoms with Crippen LogP contribution in [0.5, 0.6) is 0 Å². The van der Waals surface area contributed by atoms with E-state index in [1.165, 1.54) is 11.3 Å². The summed E-state index contributed by atoms with van der Waals surface area (Å²) in [6, 6.07) is 2.18. The summed E-state index contributed by atoms with van der Waals surface area (Å²) in [4.78, 5) is 4.06. The topological polar surface area (TPSA) is 24.9 Å². The van der Waals surface area contributed by atoms with Gasteiger partial charge in [0.25, 0.3) is 0 Å². The number of nitrogens with zero attached hydrogens (tertiary/aromatic N) is 1. The van der Waals surface area contributed by atoms with E-state index in [9.17, 15) is 13.2 Å². The Hall–Kier alpha value is -0.920. The number of hydrogen-bond donors (Lipinski definition) is 1. The van der Waals surface area contributed by atoms with Crippen molar-refractivity contribution in [3.05, 3.63) is 27.4 Å². The highest BCUT2D eigenvalue weighted by Crippen LogP contribution is 2.38. The van der Waals surface area contributed by atoms with Crippen LogP contribution in [0.1, 0.15) is 23.4 Å². The van der Waals surface area contributed by atoms with Crippen LogP contribution in [0.3, 0.4) is 0 Å². The Kier molecular flexibility index (Phi) is 3.36. The first kappa shape index (κ1) is 13.1. The van der Waals surface area contributed by atoms with Gasteiger partial charge < -0.3 is 5.32 Å². The van der Waals surface area contributed by atoms with E-state index in [0.29, 0.717) is 11.0 Å². The van der Waals surface area contributed by atoms with Gasteiger partial charge in [0.1, 0.15) is 5.01 Å². The zero-order valence-electron chi connectivity index (χ0n) is 9.83. The minimum atomic E-state index is -4.38. The van der Waals surface area contributed by atoms with Crippen LogP contribution in [-0.2, 0) is 12.7 Å². The fourth-order valence-corrected chi connectivity index (χ4v) is 3.47. The zero-order valence-corrected chi connectivity index (χ0v) is 11.5. The first-order valence-electron chi connectivity index (χ1n) is 5.87. The monoisotopic (exact) mass is 304 g/mol. The molecule has 1 aliphatic carbocycles. The largest absolute Gasteiger partial charge is 0.434 e. The highest BCUT2D eigenvalue weighted by molar-refractivity contribution is 7.15. The first-order valence-corrected chi connectivity index (χ1v) is 7.63. The molecule has 0 saturated heterocycles. The average molecular weight is 304 g/mol. The molecule has 2 heterocycles. The third kappa shape index (κ3) is 2.98. The van der Waals surface area contributed by atoms with Gasteiger partial charge in [-0.1, -0.05) is 0 Å². The van der Waals surface area contributed by atoms with E-state index in [4.69, 9.17) is 0 Å². The molecule has 0 bridgehead atoms. The molecule has 0 radical (unpaired) electrons. The van der Waals surface area contributed by atoms with Crippen LogP contribution in [0.2, 0.25) is 0 Å². The van der Waals surface area contributed by atoms with E-state index in [-0.39, 0.29) is 11.4 Å². The van der Waals surface area contributed by atoms with Crippen LogP contribution in [0.15, 0.2) is 16.8 Å². The Morgan fingerprint density at radius 1 is 1.37 bits per heavy atom. The third-order valence-corrected chi connectivity index (χ3v) is 4.65. The van der Waals surface area contributed by atoms with Crippen molar-refractivity contribution in [3.8, 4) is 10.6 Å². The zero-order chi connectivity index (χ0) is 13.5. The highest BCUT2D eigenvalue weighted by atomic mass is 32.1. The Balaban J connectivity index is 1.90. The molecule has 19 heavy (non-hydrogen) atoms. The number of rotatable bonds is 4. The van der Waals surface area contributed by atoms with Crippen LogP contribution in [0, 0.1) is 0 Å². The first-order chi connectivity index (χ1) is 9.04. The lowest BCUT2D eigenvalue weighted by Crippen LogP contribution is -2.18. The van der Waals surface area contributed by atoms with Crippen molar-refractivity contribution in [2.75, 3.05) is 0 Å². The normalized spacial score (nSPS) is 15.9. The molecule has 1 N–H and O–H groups in total. The van der Waals surface area contributed by atoms with E-state index in [2.05, 4.69) is 10.3 Å². The lowest BCUT2D eigenvalue weighted by atomic mass is 10.3. The predicted molar refractivity (Wildman–Crippen MR) is 70.3 cm³/mol. The standard InChI is InChI=1S/C12H11F3N2S2/c13-12(14,15)10-9(5-16-8-1-2-8)19-11(17-10)7-3-4-18-6-7/h3-4,6,8,16H,1-2,5H2. The average Bonchev–Trinajstić information content (AvgIpc) is 2.87. The van der Waals surface area contributed by atoms with Gasteiger partial charge in [0, 0.05) is 23.5 Å². The highest BCUT2D eigenvalue weighted by Gasteiger charge is 2.37. The molecule has 2 aromatic heterocycles. The summed E-state index contributed by atoms with van der Waals surface area (Å²) in [6.07, 6.45) is -2.28. The number of hydrogen-bond acceptors (Lipinski definition) is 4. The molecule has 0 amide bonds. The summed E-state index contributed by atoms with van der Waals surface area (Å²) in [5, 5.41) is 7.22. The maximum Gasteiger partial charge on any atom is 0.434 e. The Morgan fingerprint density at radius 3 is 2.74 bits per heavy atom. The Labute approximate surface area is 116 Å². The smallest absolute Gasteiger partial charge is 0.309 e. The van der Waals surface area contributed by atoms with E-state index in [0.717, 1.165) is 29.7 Å². The lowest BCUT2D eigenvalue weighted by molar-refractivity contribution is -0.141. The quantitative estimate of drug-likeness (QED) is 0.918.